The highest BCUT2D eigenvalue weighted by atomic mass is 35.5. The molecule has 3 aromatic rings. The van der Waals surface area contributed by atoms with Crippen LogP contribution in [0.1, 0.15) is 127 Å². The summed E-state index contributed by atoms with van der Waals surface area (Å²) in [7, 11) is 1.54. The Kier molecular flexibility index (Phi) is 17.2. The number of benzene rings is 3. The Balaban J connectivity index is 1.41. The zero-order valence-electron chi connectivity index (χ0n) is 29.9. The van der Waals surface area contributed by atoms with Crippen LogP contribution in [0, 0.1) is 0 Å². The van der Waals surface area contributed by atoms with Crippen LogP contribution < -0.4 is 20.1 Å². The average Bonchev–Trinajstić information content (AvgIpc) is 3.08. The lowest BCUT2D eigenvalue weighted by molar-refractivity contribution is -0.128. The van der Waals surface area contributed by atoms with Gasteiger partial charge in [-0.3, -0.25) is 14.4 Å². The molecule has 0 atom stereocenters. The second-order valence-corrected chi connectivity index (χ2v) is 13.7. The summed E-state index contributed by atoms with van der Waals surface area (Å²) >= 11 is 6.33. The molecular weight excluding hydrogens is 636 g/mol. The number of ketones is 1. The van der Waals surface area contributed by atoms with Crippen molar-refractivity contribution in [1.29, 1.82) is 0 Å². The molecule has 3 rings (SSSR count). The van der Waals surface area contributed by atoms with Gasteiger partial charge in [0.1, 0.15) is 11.5 Å². The number of methoxy groups -OCH3 is 1. The number of unbranched alkanes of at least 4 members (excludes halogenated alkanes) is 12. The van der Waals surface area contributed by atoms with Crippen molar-refractivity contribution in [1.82, 2.24) is 0 Å². The first kappa shape index (κ1) is 39.6. The van der Waals surface area contributed by atoms with Gasteiger partial charge in [0.2, 0.25) is 5.91 Å². The van der Waals surface area contributed by atoms with Crippen LogP contribution in [-0.4, -0.2) is 30.3 Å². The van der Waals surface area contributed by atoms with Gasteiger partial charge in [0.05, 0.1) is 24.2 Å². The second kappa shape index (κ2) is 21.3. The van der Waals surface area contributed by atoms with Gasteiger partial charge < -0.3 is 20.1 Å². The number of hydrogen-bond acceptors (Lipinski definition) is 5. The summed E-state index contributed by atoms with van der Waals surface area (Å²) < 4.78 is 11.3. The quantitative estimate of drug-likeness (QED) is 0.0587. The van der Waals surface area contributed by atoms with Crippen molar-refractivity contribution >= 4 is 40.6 Å². The molecule has 49 heavy (non-hydrogen) atoms. The number of nitrogens with one attached hydrogen (secondary N) is 2. The number of halogens is 1. The van der Waals surface area contributed by atoms with Crippen LogP contribution in [0.15, 0.2) is 66.7 Å². The van der Waals surface area contributed by atoms with E-state index in [1.165, 1.54) is 82.6 Å². The van der Waals surface area contributed by atoms with E-state index in [4.69, 9.17) is 21.1 Å². The van der Waals surface area contributed by atoms with E-state index in [1.807, 2.05) is 18.2 Å². The third-order valence-corrected chi connectivity index (χ3v) is 8.95. The van der Waals surface area contributed by atoms with Gasteiger partial charge in [-0.1, -0.05) is 108 Å². The summed E-state index contributed by atoms with van der Waals surface area (Å²) in [4.78, 5) is 38.5. The lowest BCUT2D eigenvalue weighted by atomic mass is 10.0. The molecule has 0 saturated heterocycles. The maximum atomic E-state index is 13.3. The van der Waals surface area contributed by atoms with Crippen molar-refractivity contribution in [2.75, 3.05) is 17.7 Å². The Labute approximate surface area is 298 Å². The van der Waals surface area contributed by atoms with Gasteiger partial charge in [-0.2, -0.15) is 0 Å². The number of anilines is 2. The molecule has 0 spiro atoms. The van der Waals surface area contributed by atoms with Crippen LogP contribution in [0.2, 0.25) is 5.02 Å². The molecule has 0 radical (unpaired) electrons. The SMILES string of the molecule is CCCCCCCCCCCCCCCc1cccc(OC(C)(C)C(=O)Nc2ccc(Cl)c(NC(=O)CC(=O)c3ccc(OC)cc3)c2)c1. The molecule has 0 heterocycles. The number of hydrogen-bond donors (Lipinski definition) is 2. The first-order chi connectivity index (χ1) is 23.6. The zero-order chi connectivity index (χ0) is 35.5. The van der Waals surface area contributed by atoms with Crippen molar-refractivity contribution < 1.29 is 23.9 Å². The first-order valence-electron chi connectivity index (χ1n) is 18.0. The van der Waals surface area contributed by atoms with E-state index in [0.29, 0.717) is 22.7 Å². The van der Waals surface area contributed by atoms with Gasteiger partial charge in [-0.05, 0) is 86.8 Å². The molecule has 7 nitrogen and oxygen atoms in total. The van der Waals surface area contributed by atoms with Crippen molar-refractivity contribution in [3.8, 4) is 11.5 Å². The van der Waals surface area contributed by atoms with Gasteiger partial charge in [-0.15, -0.1) is 0 Å². The number of rotatable bonds is 23. The maximum Gasteiger partial charge on any atom is 0.267 e. The topological polar surface area (TPSA) is 93.7 Å². The number of carbonyl (C=O) groups excluding carboxylic acids is 3. The Morgan fingerprint density at radius 3 is 1.94 bits per heavy atom. The molecule has 3 aromatic carbocycles. The van der Waals surface area contributed by atoms with Gasteiger partial charge in [0.15, 0.2) is 11.4 Å². The van der Waals surface area contributed by atoms with E-state index in [1.54, 1.807) is 63.4 Å². The number of ether oxygens (including phenoxy) is 2. The highest BCUT2D eigenvalue weighted by Crippen LogP contribution is 2.28. The third kappa shape index (κ3) is 14.7. The molecule has 0 unspecified atom stereocenters. The summed E-state index contributed by atoms with van der Waals surface area (Å²) in [6, 6.07) is 19.3. The molecule has 0 aromatic heterocycles. The molecule has 0 aliphatic heterocycles. The summed E-state index contributed by atoms with van der Waals surface area (Å²) in [5.41, 5.74) is 1.13. The number of aryl methyl sites for hydroxylation is 1. The highest BCUT2D eigenvalue weighted by molar-refractivity contribution is 6.34. The van der Waals surface area contributed by atoms with Gasteiger partial charge in [0, 0.05) is 11.3 Å². The molecule has 2 amide bonds. The Hall–Kier alpha value is -3.84. The van der Waals surface area contributed by atoms with E-state index in [9.17, 15) is 14.4 Å². The van der Waals surface area contributed by atoms with Crippen LogP contribution in [-0.2, 0) is 16.0 Å². The molecule has 0 bridgehead atoms. The Morgan fingerprint density at radius 2 is 1.33 bits per heavy atom. The molecule has 8 heteroatoms. The zero-order valence-corrected chi connectivity index (χ0v) is 30.6. The summed E-state index contributed by atoms with van der Waals surface area (Å²) in [6.45, 7) is 5.69. The molecule has 0 fully saturated rings. The fourth-order valence-electron chi connectivity index (χ4n) is 5.65. The predicted octanol–water partition coefficient (Wildman–Crippen LogP) is 11.0. The van der Waals surface area contributed by atoms with E-state index in [0.717, 1.165) is 12.8 Å². The molecule has 0 aliphatic carbocycles. The van der Waals surface area contributed by atoms with Gasteiger partial charge in [0.25, 0.3) is 5.91 Å². The van der Waals surface area contributed by atoms with Crippen molar-refractivity contribution in [2.24, 2.45) is 0 Å². The summed E-state index contributed by atoms with van der Waals surface area (Å²) in [5, 5.41) is 5.82. The van der Waals surface area contributed by atoms with Crippen LogP contribution in [0.3, 0.4) is 0 Å². The van der Waals surface area contributed by atoms with Crippen LogP contribution >= 0.6 is 11.6 Å². The fraction of sp³-hybridized carbons (Fsp3) is 0.488. The summed E-state index contributed by atoms with van der Waals surface area (Å²) in [5.74, 6) is 0.0390. The van der Waals surface area contributed by atoms with E-state index < -0.39 is 11.5 Å². The standard InChI is InChI=1S/C41H55ClN2O5/c1-5-6-7-8-9-10-11-12-13-14-15-16-17-19-31-20-18-21-35(28-31)49-41(2,3)40(47)43-33-24-27-36(42)37(29-33)44-39(46)30-38(45)32-22-25-34(48-4)26-23-32/h18,20-29H,5-17,19,30H2,1-4H3,(H,43,47)(H,44,46). The smallest absolute Gasteiger partial charge is 0.267 e. The number of carbonyl (C=O) groups is 3. The monoisotopic (exact) mass is 690 g/mol. The summed E-state index contributed by atoms with van der Waals surface area (Å²) in [6.07, 6.45) is 17.9. The van der Waals surface area contributed by atoms with E-state index in [-0.39, 0.29) is 28.8 Å². The number of amides is 2. The Bertz CT molecular complexity index is 1470. The molecule has 0 saturated carbocycles. The van der Waals surface area contributed by atoms with E-state index >= 15 is 0 Å². The maximum absolute atomic E-state index is 13.3. The van der Waals surface area contributed by atoms with Crippen molar-refractivity contribution in [3.05, 3.63) is 82.9 Å². The third-order valence-electron chi connectivity index (χ3n) is 8.62. The lowest BCUT2D eigenvalue weighted by Crippen LogP contribution is -2.42. The molecule has 0 aliphatic rings. The van der Waals surface area contributed by atoms with Crippen LogP contribution in [0.25, 0.3) is 0 Å². The minimum atomic E-state index is -1.18. The van der Waals surface area contributed by atoms with Crippen LogP contribution in [0.4, 0.5) is 11.4 Å². The lowest BCUT2D eigenvalue weighted by Gasteiger charge is -2.26. The van der Waals surface area contributed by atoms with Crippen molar-refractivity contribution in [2.45, 2.75) is 123 Å². The predicted molar refractivity (Wildman–Crippen MR) is 201 cm³/mol. The van der Waals surface area contributed by atoms with Crippen molar-refractivity contribution in [3.63, 3.8) is 0 Å². The van der Waals surface area contributed by atoms with Gasteiger partial charge >= 0.3 is 0 Å². The molecule has 2 N–H and O–H groups in total. The number of Topliss-reactive ketones (excluding diaryl/α,β-unsaturated/α-hetero) is 1. The molecule has 266 valence electrons. The average molecular weight is 691 g/mol. The Morgan fingerprint density at radius 1 is 0.714 bits per heavy atom. The first-order valence-corrected chi connectivity index (χ1v) is 18.3. The van der Waals surface area contributed by atoms with E-state index in [2.05, 4.69) is 23.6 Å². The highest BCUT2D eigenvalue weighted by Gasteiger charge is 2.30. The molecular formula is C41H55ClN2O5. The normalized spacial score (nSPS) is 11.2. The second-order valence-electron chi connectivity index (χ2n) is 13.3. The van der Waals surface area contributed by atoms with Crippen LogP contribution in [0.5, 0.6) is 11.5 Å². The largest absolute Gasteiger partial charge is 0.497 e. The minimum absolute atomic E-state index is 0.277. The van der Waals surface area contributed by atoms with Gasteiger partial charge in [-0.25, -0.2) is 0 Å². The minimum Gasteiger partial charge on any atom is -0.497 e. The fourth-order valence-corrected chi connectivity index (χ4v) is 5.82.